The lowest BCUT2D eigenvalue weighted by Gasteiger charge is -2.20. The highest BCUT2D eigenvalue weighted by atomic mass is 35.5. The van der Waals surface area contributed by atoms with Crippen LogP contribution >= 0.6 is 11.6 Å². The Kier molecular flexibility index (Phi) is 3.72. The fourth-order valence-corrected chi connectivity index (χ4v) is 2.27. The molecule has 2 rings (SSSR count). The van der Waals surface area contributed by atoms with E-state index in [9.17, 15) is 0 Å². The third-order valence-corrected chi connectivity index (χ3v) is 3.50. The molecular formula is C13H18ClNO. The lowest BCUT2D eigenvalue weighted by atomic mass is 10.2. The van der Waals surface area contributed by atoms with E-state index < -0.39 is 0 Å². The molecule has 1 saturated heterocycles. The molecule has 0 spiro atoms. The molecule has 0 saturated carbocycles. The number of nitrogens with zero attached hydrogens (tertiary/aromatic N) is 1. The molecule has 0 amide bonds. The summed E-state index contributed by atoms with van der Waals surface area (Å²) < 4.78 is 5.80. The van der Waals surface area contributed by atoms with E-state index in [1.54, 1.807) is 0 Å². The van der Waals surface area contributed by atoms with E-state index in [0.29, 0.717) is 11.1 Å². The maximum absolute atomic E-state index is 6.08. The van der Waals surface area contributed by atoms with Gasteiger partial charge in [-0.2, -0.15) is 0 Å². The van der Waals surface area contributed by atoms with Gasteiger partial charge in [-0.25, -0.2) is 0 Å². The summed E-state index contributed by atoms with van der Waals surface area (Å²) >= 11 is 6.08. The summed E-state index contributed by atoms with van der Waals surface area (Å²) in [7, 11) is 2.15. The van der Waals surface area contributed by atoms with Gasteiger partial charge in [0, 0.05) is 6.04 Å². The Morgan fingerprint density at radius 3 is 3.00 bits per heavy atom. The third-order valence-electron chi connectivity index (χ3n) is 3.19. The number of likely N-dealkylation sites (tertiary alicyclic amines) is 1. The van der Waals surface area contributed by atoms with Crippen molar-refractivity contribution in [3.05, 3.63) is 28.8 Å². The maximum atomic E-state index is 6.08. The van der Waals surface area contributed by atoms with Gasteiger partial charge in [-0.05, 0) is 51.1 Å². The standard InChI is InChI=1S/C13H18ClNO/c1-10-5-6-12(14)13(8-10)16-9-11-4-3-7-15(11)2/h5-6,8,11H,3-4,7,9H2,1-2H3. The van der Waals surface area contributed by atoms with Crippen LogP contribution in [0, 0.1) is 6.92 Å². The third kappa shape index (κ3) is 2.69. The zero-order chi connectivity index (χ0) is 11.5. The van der Waals surface area contributed by atoms with E-state index >= 15 is 0 Å². The number of halogens is 1. The lowest BCUT2D eigenvalue weighted by Crippen LogP contribution is -2.30. The van der Waals surface area contributed by atoms with Crippen LogP contribution in [-0.4, -0.2) is 31.1 Å². The van der Waals surface area contributed by atoms with Crippen LogP contribution < -0.4 is 4.74 Å². The molecule has 0 aliphatic carbocycles. The van der Waals surface area contributed by atoms with Gasteiger partial charge < -0.3 is 9.64 Å². The van der Waals surface area contributed by atoms with Gasteiger partial charge in [0.25, 0.3) is 0 Å². The minimum absolute atomic E-state index is 0.538. The second-order valence-corrected chi connectivity index (χ2v) is 4.93. The monoisotopic (exact) mass is 239 g/mol. The quantitative estimate of drug-likeness (QED) is 0.804. The van der Waals surface area contributed by atoms with Crippen molar-refractivity contribution in [1.29, 1.82) is 0 Å². The first-order valence-corrected chi connectivity index (χ1v) is 6.14. The second kappa shape index (κ2) is 5.07. The molecule has 1 atom stereocenters. The molecule has 1 aliphatic rings. The molecule has 16 heavy (non-hydrogen) atoms. The SMILES string of the molecule is Cc1ccc(Cl)c(OCC2CCCN2C)c1. The lowest BCUT2D eigenvalue weighted by molar-refractivity contribution is 0.198. The molecule has 0 radical (unpaired) electrons. The average molecular weight is 240 g/mol. The van der Waals surface area contributed by atoms with E-state index in [2.05, 4.69) is 11.9 Å². The molecule has 1 unspecified atom stereocenters. The van der Waals surface area contributed by atoms with Crippen LogP contribution in [0.15, 0.2) is 18.2 Å². The molecule has 0 N–H and O–H groups in total. The zero-order valence-electron chi connectivity index (χ0n) is 9.87. The average Bonchev–Trinajstić information content (AvgIpc) is 2.66. The largest absolute Gasteiger partial charge is 0.490 e. The Hall–Kier alpha value is -0.730. The fourth-order valence-electron chi connectivity index (χ4n) is 2.10. The second-order valence-electron chi connectivity index (χ2n) is 4.52. The van der Waals surface area contributed by atoms with Gasteiger partial charge >= 0.3 is 0 Å². The molecule has 0 aromatic heterocycles. The Morgan fingerprint density at radius 2 is 2.31 bits per heavy atom. The highest BCUT2D eigenvalue weighted by Crippen LogP contribution is 2.26. The van der Waals surface area contributed by atoms with Crippen molar-refractivity contribution in [3.63, 3.8) is 0 Å². The number of hydrogen-bond acceptors (Lipinski definition) is 2. The van der Waals surface area contributed by atoms with Gasteiger partial charge in [0.05, 0.1) is 5.02 Å². The predicted molar refractivity (Wildman–Crippen MR) is 67.3 cm³/mol. The molecule has 3 heteroatoms. The van der Waals surface area contributed by atoms with E-state index in [1.807, 2.05) is 25.1 Å². The van der Waals surface area contributed by atoms with Crippen LogP contribution in [0.1, 0.15) is 18.4 Å². The highest BCUT2D eigenvalue weighted by molar-refractivity contribution is 6.32. The van der Waals surface area contributed by atoms with Gasteiger partial charge in [-0.3, -0.25) is 0 Å². The summed E-state index contributed by atoms with van der Waals surface area (Å²) in [5.74, 6) is 0.807. The van der Waals surface area contributed by atoms with Crippen molar-refractivity contribution in [3.8, 4) is 5.75 Å². The van der Waals surface area contributed by atoms with Crippen LogP contribution in [0.3, 0.4) is 0 Å². The summed E-state index contributed by atoms with van der Waals surface area (Å²) in [4.78, 5) is 2.35. The summed E-state index contributed by atoms with van der Waals surface area (Å²) in [6.07, 6.45) is 2.49. The summed E-state index contributed by atoms with van der Waals surface area (Å²) in [6.45, 7) is 3.96. The van der Waals surface area contributed by atoms with E-state index in [0.717, 1.165) is 12.4 Å². The number of aryl methyl sites for hydroxylation is 1. The Labute approximate surface area is 102 Å². The molecule has 1 fully saturated rings. The van der Waals surface area contributed by atoms with Crippen LogP contribution in [0.25, 0.3) is 0 Å². The molecule has 1 aromatic rings. The van der Waals surface area contributed by atoms with E-state index in [1.165, 1.54) is 24.9 Å². The predicted octanol–water partition coefficient (Wildman–Crippen LogP) is 3.12. The first-order valence-electron chi connectivity index (χ1n) is 5.76. The molecular weight excluding hydrogens is 222 g/mol. The van der Waals surface area contributed by atoms with Crippen LogP contribution in [-0.2, 0) is 0 Å². The van der Waals surface area contributed by atoms with Gasteiger partial charge in [0.15, 0.2) is 0 Å². The molecule has 1 aliphatic heterocycles. The number of ether oxygens (including phenoxy) is 1. The molecule has 88 valence electrons. The van der Waals surface area contributed by atoms with Crippen LogP contribution in [0.2, 0.25) is 5.02 Å². The molecule has 1 aromatic carbocycles. The number of benzene rings is 1. The van der Waals surface area contributed by atoms with Crippen molar-refractivity contribution in [2.24, 2.45) is 0 Å². The molecule has 2 nitrogen and oxygen atoms in total. The Balaban J connectivity index is 1.96. The van der Waals surface area contributed by atoms with Gasteiger partial charge in [-0.15, -0.1) is 0 Å². The number of rotatable bonds is 3. The Bertz CT molecular complexity index is 367. The van der Waals surface area contributed by atoms with Gasteiger partial charge in [0.2, 0.25) is 0 Å². The van der Waals surface area contributed by atoms with Crippen LogP contribution in [0.5, 0.6) is 5.75 Å². The van der Waals surface area contributed by atoms with Crippen molar-refractivity contribution in [1.82, 2.24) is 4.90 Å². The minimum Gasteiger partial charge on any atom is -0.490 e. The van der Waals surface area contributed by atoms with Crippen molar-refractivity contribution >= 4 is 11.6 Å². The minimum atomic E-state index is 0.538. The Morgan fingerprint density at radius 1 is 1.50 bits per heavy atom. The number of hydrogen-bond donors (Lipinski definition) is 0. The first-order chi connectivity index (χ1) is 7.66. The van der Waals surface area contributed by atoms with Crippen molar-refractivity contribution in [2.75, 3.05) is 20.2 Å². The zero-order valence-corrected chi connectivity index (χ0v) is 10.6. The summed E-state index contributed by atoms with van der Waals surface area (Å²) in [6, 6.07) is 6.43. The number of likely N-dealkylation sites (N-methyl/N-ethyl adjacent to an activating group) is 1. The van der Waals surface area contributed by atoms with E-state index in [4.69, 9.17) is 16.3 Å². The highest BCUT2D eigenvalue weighted by Gasteiger charge is 2.21. The van der Waals surface area contributed by atoms with E-state index in [-0.39, 0.29) is 0 Å². The van der Waals surface area contributed by atoms with Crippen molar-refractivity contribution < 1.29 is 4.74 Å². The van der Waals surface area contributed by atoms with Gasteiger partial charge in [0.1, 0.15) is 12.4 Å². The summed E-state index contributed by atoms with van der Waals surface area (Å²) in [5, 5.41) is 0.700. The maximum Gasteiger partial charge on any atom is 0.138 e. The fraction of sp³-hybridized carbons (Fsp3) is 0.538. The van der Waals surface area contributed by atoms with Crippen molar-refractivity contribution in [2.45, 2.75) is 25.8 Å². The van der Waals surface area contributed by atoms with Gasteiger partial charge in [-0.1, -0.05) is 17.7 Å². The first kappa shape index (κ1) is 11.7. The van der Waals surface area contributed by atoms with Crippen LogP contribution in [0.4, 0.5) is 0 Å². The topological polar surface area (TPSA) is 12.5 Å². The smallest absolute Gasteiger partial charge is 0.138 e. The molecule has 1 heterocycles. The normalized spacial score (nSPS) is 21.3. The summed E-state index contributed by atoms with van der Waals surface area (Å²) in [5.41, 5.74) is 1.18. The molecule has 0 bridgehead atoms.